The zero-order valence-corrected chi connectivity index (χ0v) is 14.2. The molecule has 0 N–H and O–H groups in total. The number of nitrogens with zero attached hydrogens (tertiary/aromatic N) is 1. The molecule has 0 unspecified atom stereocenters. The molecule has 0 spiro atoms. The van der Waals surface area contributed by atoms with Crippen LogP contribution in [0.15, 0.2) is 48.5 Å². The zero-order valence-electron chi connectivity index (χ0n) is 13.5. The molecule has 0 saturated heterocycles. The molecule has 0 aliphatic heterocycles. The van der Waals surface area contributed by atoms with Crippen molar-refractivity contribution in [2.45, 2.75) is 6.92 Å². The van der Waals surface area contributed by atoms with Gasteiger partial charge in [-0.3, -0.25) is 10.1 Å². The van der Waals surface area contributed by atoms with Gasteiger partial charge in [-0.25, -0.2) is 4.79 Å². The number of rotatable bonds is 7. The van der Waals surface area contributed by atoms with E-state index in [0.717, 1.165) is 5.56 Å². The summed E-state index contributed by atoms with van der Waals surface area (Å²) in [5.41, 5.74) is 1.34. The first-order chi connectivity index (χ1) is 12.0. The third kappa shape index (κ3) is 5.93. The largest absolute Gasteiger partial charge is 0.490 e. The molecule has 6 nitrogen and oxygen atoms in total. The Hall–Kier alpha value is -2.86. The molecule has 2 aromatic rings. The molecule has 0 heterocycles. The normalized spacial score (nSPS) is 10.6. The van der Waals surface area contributed by atoms with Crippen LogP contribution in [-0.2, 0) is 9.53 Å². The molecular formula is C18H16ClNO5. The summed E-state index contributed by atoms with van der Waals surface area (Å²) in [7, 11) is 0. The highest BCUT2D eigenvalue weighted by molar-refractivity contribution is 6.32. The van der Waals surface area contributed by atoms with Crippen molar-refractivity contribution >= 4 is 29.3 Å². The lowest BCUT2D eigenvalue weighted by Gasteiger charge is -2.06. The smallest absolute Gasteiger partial charge is 0.330 e. The highest BCUT2D eigenvalue weighted by Gasteiger charge is 2.11. The lowest BCUT2D eigenvalue weighted by atomic mass is 10.2. The van der Waals surface area contributed by atoms with E-state index in [1.165, 1.54) is 24.3 Å². The Morgan fingerprint density at radius 3 is 2.76 bits per heavy atom. The molecule has 2 rings (SSSR count). The van der Waals surface area contributed by atoms with Crippen LogP contribution in [0.3, 0.4) is 0 Å². The molecule has 0 aliphatic carbocycles. The number of carbonyl (C=O) groups excluding carboxylic acids is 1. The van der Waals surface area contributed by atoms with Crippen molar-refractivity contribution in [2.24, 2.45) is 0 Å². The van der Waals surface area contributed by atoms with Crippen LogP contribution in [0.1, 0.15) is 11.1 Å². The van der Waals surface area contributed by atoms with E-state index in [1.807, 2.05) is 31.2 Å². The van der Waals surface area contributed by atoms with Gasteiger partial charge in [-0.15, -0.1) is 0 Å². The van der Waals surface area contributed by atoms with Crippen molar-refractivity contribution in [2.75, 3.05) is 13.2 Å². The van der Waals surface area contributed by atoms with Crippen LogP contribution >= 0.6 is 11.6 Å². The molecule has 0 amide bonds. The standard InChI is InChI=1S/C18H16ClNO5/c1-13-3-2-4-15(11-13)24-9-10-25-18(21)8-6-14-5-7-16(19)17(12-14)20(22)23/h2-8,11-12H,9-10H2,1H3/b8-6+. The van der Waals surface area contributed by atoms with Gasteiger partial charge in [-0.2, -0.15) is 0 Å². The van der Waals surface area contributed by atoms with Crippen LogP contribution < -0.4 is 4.74 Å². The molecule has 0 radical (unpaired) electrons. The van der Waals surface area contributed by atoms with Crippen molar-refractivity contribution < 1.29 is 19.2 Å². The second-order valence-electron chi connectivity index (χ2n) is 5.13. The monoisotopic (exact) mass is 361 g/mol. The molecule has 7 heteroatoms. The average Bonchev–Trinajstić information content (AvgIpc) is 2.58. The van der Waals surface area contributed by atoms with Gasteiger partial charge in [0.1, 0.15) is 24.0 Å². The lowest BCUT2D eigenvalue weighted by molar-refractivity contribution is -0.384. The van der Waals surface area contributed by atoms with Gasteiger partial charge in [-0.1, -0.05) is 29.8 Å². The Balaban J connectivity index is 1.81. The van der Waals surface area contributed by atoms with Crippen molar-refractivity contribution in [3.8, 4) is 5.75 Å². The number of hydrogen-bond donors (Lipinski definition) is 0. The SMILES string of the molecule is Cc1cccc(OCCOC(=O)/C=C/c2ccc(Cl)c([N+](=O)[O-])c2)c1. The first-order valence-corrected chi connectivity index (χ1v) is 7.82. The van der Waals surface area contributed by atoms with E-state index in [9.17, 15) is 14.9 Å². The maximum Gasteiger partial charge on any atom is 0.330 e. The summed E-state index contributed by atoms with van der Waals surface area (Å²) in [6.45, 7) is 2.28. The third-order valence-electron chi connectivity index (χ3n) is 3.16. The number of hydrogen-bond acceptors (Lipinski definition) is 5. The summed E-state index contributed by atoms with van der Waals surface area (Å²) in [5.74, 6) is 0.144. The number of ether oxygens (including phenoxy) is 2. The van der Waals surface area contributed by atoms with Crippen molar-refractivity contribution in [3.05, 3.63) is 74.8 Å². The Bertz CT molecular complexity index is 804. The Morgan fingerprint density at radius 1 is 1.24 bits per heavy atom. The number of nitro groups is 1. The number of aryl methyl sites for hydroxylation is 1. The van der Waals surface area contributed by atoms with Gasteiger partial charge in [0.2, 0.25) is 0 Å². The third-order valence-corrected chi connectivity index (χ3v) is 3.48. The fourth-order valence-corrected chi connectivity index (χ4v) is 2.18. The zero-order chi connectivity index (χ0) is 18.2. The molecule has 130 valence electrons. The maximum absolute atomic E-state index is 11.6. The first kappa shape index (κ1) is 18.5. The van der Waals surface area contributed by atoms with E-state index in [2.05, 4.69) is 0 Å². The number of carbonyl (C=O) groups is 1. The van der Waals surface area contributed by atoms with Gasteiger partial charge in [0.15, 0.2) is 0 Å². The van der Waals surface area contributed by atoms with Gasteiger partial charge in [-0.05, 0) is 42.3 Å². The predicted octanol–water partition coefficient (Wildman–Crippen LogP) is 4.19. The molecule has 0 saturated carbocycles. The molecule has 0 bridgehead atoms. The molecule has 0 fully saturated rings. The van der Waals surface area contributed by atoms with Gasteiger partial charge in [0.25, 0.3) is 5.69 Å². The maximum atomic E-state index is 11.6. The summed E-state index contributed by atoms with van der Waals surface area (Å²) < 4.78 is 10.5. The van der Waals surface area contributed by atoms with E-state index in [1.54, 1.807) is 6.07 Å². The summed E-state index contributed by atoms with van der Waals surface area (Å²) in [6, 6.07) is 11.8. The van der Waals surface area contributed by atoms with Crippen molar-refractivity contribution in [3.63, 3.8) is 0 Å². The van der Waals surface area contributed by atoms with E-state index in [0.29, 0.717) is 11.3 Å². The van der Waals surface area contributed by atoms with Gasteiger partial charge >= 0.3 is 5.97 Å². The highest BCUT2D eigenvalue weighted by Crippen LogP contribution is 2.25. The number of benzene rings is 2. The van der Waals surface area contributed by atoms with Crippen LogP contribution in [0.25, 0.3) is 6.08 Å². The van der Waals surface area contributed by atoms with Crippen LogP contribution in [0.4, 0.5) is 5.69 Å². The van der Waals surface area contributed by atoms with Crippen LogP contribution in [0.2, 0.25) is 5.02 Å². The second kappa shape index (κ2) is 8.84. The Kier molecular flexibility index (Phi) is 6.54. The fourth-order valence-electron chi connectivity index (χ4n) is 1.99. The average molecular weight is 362 g/mol. The predicted molar refractivity (Wildman–Crippen MR) is 94.8 cm³/mol. The van der Waals surface area contributed by atoms with Gasteiger partial charge < -0.3 is 9.47 Å². The fraction of sp³-hybridized carbons (Fsp3) is 0.167. The molecule has 0 aliphatic rings. The summed E-state index contributed by atoms with van der Waals surface area (Å²) >= 11 is 5.73. The van der Waals surface area contributed by atoms with E-state index in [-0.39, 0.29) is 23.9 Å². The van der Waals surface area contributed by atoms with Gasteiger partial charge in [0, 0.05) is 12.1 Å². The first-order valence-electron chi connectivity index (χ1n) is 7.44. The van der Waals surface area contributed by atoms with Crippen LogP contribution in [0.5, 0.6) is 5.75 Å². The lowest BCUT2D eigenvalue weighted by Crippen LogP contribution is -2.10. The topological polar surface area (TPSA) is 78.7 Å². The number of nitro benzene ring substituents is 1. The number of halogens is 1. The second-order valence-corrected chi connectivity index (χ2v) is 5.54. The van der Waals surface area contributed by atoms with E-state index < -0.39 is 10.9 Å². The van der Waals surface area contributed by atoms with Gasteiger partial charge in [0.05, 0.1) is 4.92 Å². The van der Waals surface area contributed by atoms with E-state index >= 15 is 0 Å². The quantitative estimate of drug-likeness (QED) is 0.243. The molecule has 0 atom stereocenters. The Labute approximate surface area is 149 Å². The van der Waals surface area contributed by atoms with E-state index in [4.69, 9.17) is 21.1 Å². The summed E-state index contributed by atoms with van der Waals surface area (Å²) in [6.07, 6.45) is 2.62. The minimum atomic E-state index is -0.583. The van der Waals surface area contributed by atoms with Crippen molar-refractivity contribution in [1.82, 2.24) is 0 Å². The summed E-state index contributed by atoms with van der Waals surface area (Å²) in [4.78, 5) is 21.9. The molecular weight excluding hydrogens is 346 g/mol. The minimum absolute atomic E-state index is 0.0398. The van der Waals surface area contributed by atoms with Crippen molar-refractivity contribution in [1.29, 1.82) is 0 Å². The highest BCUT2D eigenvalue weighted by atomic mass is 35.5. The van der Waals surface area contributed by atoms with Crippen LogP contribution in [-0.4, -0.2) is 24.1 Å². The molecule has 0 aromatic heterocycles. The van der Waals surface area contributed by atoms with Crippen LogP contribution in [0, 0.1) is 17.0 Å². The molecule has 2 aromatic carbocycles. The minimum Gasteiger partial charge on any atom is -0.490 e. The molecule has 25 heavy (non-hydrogen) atoms. The Morgan fingerprint density at radius 2 is 2.04 bits per heavy atom. The number of esters is 1. The summed E-state index contributed by atoms with van der Waals surface area (Å²) in [5, 5.41) is 10.9.